The van der Waals surface area contributed by atoms with Gasteiger partial charge in [-0.2, -0.15) is 5.26 Å². The summed E-state index contributed by atoms with van der Waals surface area (Å²) in [6, 6.07) is 9.90. The molecule has 1 unspecified atom stereocenters. The molecule has 0 N–H and O–H groups in total. The van der Waals surface area contributed by atoms with Crippen molar-refractivity contribution in [2.45, 2.75) is 19.8 Å². The highest BCUT2D eigenvalue weighted by Crippen LogP contribution is 2.23. The van der Waals surface area contributed by atoms with Gasteiger partial charge in [-0.3, -0.25) is 4.79 Å². The summed E-state index contributed by atoms with van der Waals surface area (Å²) in [6.07, 6.45) is 1.75. The van der Waals surface area contributed by atoms with Gasteiger partial charge in [0.25, 0.3) is 5.91 Å². The fourth-order valence-corrected chi connectivity index (χ4v) is 2.69. The number of piperidine rings is 1. The molecule has 1 atom stereocenters. The Morgan fingerprint density at radius 2 is 2.30 bits per heavy atom. The lowest BCUT2D eigenvalue weighted by atomic mass is 9.99. The molecule has 1 fully saturated rings. The Kier molecular flexibility index (Phi) is 3.19. The molecule has 0 radical (unpaired) electrons. The molecule has 0 saturated carbocycles. The van der Waals surface area contributed by atoms with Crippen molar-refractivity contribution in [3.8, 4) is 6.07 Å². The minimum Gasteiger partial charge on any atom is -0.451 e. The Labute approximate surface area is 117 Å². The van der Waals surface area contributed by atoms with Crippen molar-refractivity contribution in [3.63, 3.8) is 0 Å². The number of benzene rings is 1. The second-order valence-corrected chi connectivity index (χ2v) is 5.37. The summed E-state index contributed by atoms with van der Waals surface area (Å²) in [5.41, 5.74) is 1.87. The number of likely N-dealkylation sites (tertiary alicyclic amines) is 1. The normalized spacial score (nSPS) is 19.0. The standard InChI is InChI=1S/C16H16N2O2/c1-11-4-5-14-13(7-11)8-15(20-14)16(19)18-6-2-3-12(9-17)10-18/h4-5,7-8,12H,2-3,6,10H2,1H3. The van der Waals surface area contributed by atoms with Crippen LogP contribution >= 0.6 is 0 Å². The van der Waals surface area contributed by atoms with E-state index >= 15 is 0 Å². The number of aryl methyl sites for hydroxylation is 1. The average molecular weight is 268 g/mol. The Bertz CT molecular complexity index is 696. The molecule has 1 aliphatic rings. The van der Waals surface area contributed by atoms with Crippen LogP contribution in [0.3, 0.4) is 0 Å². The van der Waals surface area contributed by atoms with E-state index in [-0.39, 0.29) is 11.8 Å². The maximum absolute atomic E-state index is 12.4. The third-order valence-corrected chi connectivity index (χ3v) is 3.77. The van der Waals surface area contributed by atoms with Gasteiger partial charge >= 0.3 is 0 Å². The number of carbonyl (C=O) groups is 1. The first-order valence-electron chi connectivity index (χ1n) is 6.86. The van der Waals surface area contributed by atoms with Crippen molar-refractivity contribution in [3.05, 3.63) is 35.6 Å². The van der Waals surface area contributed by atoms with Gasteiger partial charge in [0.1, 0.15) is 5.58 Å². The van der Waals surface area contributed by atoms with Gasteiger partial charge in [-0.05, 0) is 38.0 Å². The Hall–Kier alpha value is -2.28. The number of nitriles is 1. The molecule has 4 nitrogen and oxygen atoms in total. The van der Waals surface area contributed by atoms with Crippen LogP contribution in [0, 0.1) is 24.2 Å². The van der Waals surface area contributed by atoms with Crippen LogP contribution in [-0.2, 0) is 0 Å². The summed E-state index contributed by atoms with van der Waals surface area (Å²) >= 11 is 0. The van der Waals surface area contributed by atoms with E-state index < -0.39 is 0 Å². The summed E-state index contributed by atoms with van der Waals surface area (Å²) in [7, 11) is 0. The van der Waals surface area contributed by atoms with Crippen LogP contribution in [0.2, 0.25) is 0 Å². The lowest BCUT2D eigenvalue weighted by molar-refractivity contribution is 0.0669. The van der Waals surface area contributed by atoms with Crippen LogP contribution < -0.4 is 0 Å². The van der Waals surface area contributed by atoms with Crippen molar-refractivity contribution in [1.29, 1.82) is 5.26 Å². The van der Waals surface area contributed by atoms with Crippen LogP contribution in [0.25, 0.3) is 11.0 Å². The van der Waals surface area contributed by atoms with Crippen LogP contribution in [0.1, 0.15) is 29.0 Å². The van der Waals surface area contributed by atoms with Gasteiger partial charge in [0.15, 0.2) is 5.76 Å². The molecule has 4 heteroatoms. The third kappa shape index (κ3) is 2.27. The molecular weight excluding hydrogens is 252 g/mol. The third-order valence-electron chi connectivity index (χ3n) is 3.77. The molecule has 1 aromatic carbocycles. The van der Waals surface area contributed by atoms with Crippen LogP contribution in [0.5, 0.6) is 0 Å². The number of furan rings is 1. The van der Waals surface area contributed by atoms with Gasteiger partial charge in [0.2, 0.25) is 0 Å². The fraction of sp³-hybridized carbons (Fsp3) is 0.375. The van der Waals surface area contributed by atoms with E-state index in [1.165, 1.54) is 0 Å². The van der Waals surface area contributed by atoms with Crippen molar-refractivity contribution < 1.29 is 9.21 Å². The highest BCUT2D eigenvalue weighted by atomic mass is 16.3. The summed E-state index contributed by atoms with van der Waals surface area (Å²) < 4.78 is 5.63. The highest BCUT2D eigenvalue weighted by Gasteiger charge is 2.26. The van der Waals surface area contributed by atoms with Crippen molar-refractivity contribution in [1.82, 2.24) is 4.90 Å². The number of carbonyl (C=O) groups excluding carboxylic acids is 1. The van der Waals surface area contributed by atoms with E-state index in [2.05, 4.69) is 6.07 Å². The lowest BCUT2D eigenvalue weighted by Crippen LogP contribution is -2.39. The fourth-order valence-electron chi connectivity index (χ4n) is 2.69. The molecule has 102 valence electrons. The molecular formula is C16H16N2O2. The number of amides is 1. The zero-order valence-corrected chi connectivity index (χ0v) is 11.4. The Balaban J connectivity index is 1.87. The van der Waals surface area contributed by atoms with Gasteiger partial charge in [0, 0.05) is 18.5 Å². The first kappa shape index (κ1) is 12.7. The molecule has 1 amide bonds. The summed E-state index contributed by atoms with van der Waals surface area (Å²) in [6.45, 7) is 3.22. The Morgan fingerprint density at radius 1 is 1.45 bits per heavy atom. The minimum absolute atomic E-state index is 0.0562. The molecule has 2 heterocycles. The van der Waals surface area contributed by atoms with Crippen LogP contribution in [0.4, 0.5) is 0 Å². The smallest absolute Gasteiger partial charge is 0.289 e. The van der Waals surface area contributed by atoms with Crippen LogP contribution in [0.15, 0.2) is 28.7 Å². The maximum Gasteiger partial charge on any atom is 0.289 e. The zero-order valence-electron chi connectivity index (χ0n) is 11.4. The van der Waals surface area contributed by atoms with Crippen molar-refractivity contribution in [2.75, 3.05) is 13.1 Å². The van der Waals surface area contributed by atoms with E-state index in [0.717, 1.165) is 29.4 Å². The van der Waals surface area contributed by atoms with Gasteiger partial charge in [-0.25, -0.2) is 0 Å². The quantitative estimate of drug-likeness (QED) is 0.798. The highest BCUT2D eigenvalue weighted by molar-refractivity contribution is 5.96. The minimum atomic E-state index is -0.112. The number of nitrogens with zero attached hydrogens (tertiary/aromatic N) is 2. The predicted octanol–water partition coefficient (Wildman–Crippen LogP) is 3.12. The molecule has 0 aliphatic carbocycles. The largest absolute Gasteiger partial charge is 0.451 e. The number of fused-ring (bicyclic) bond motifs is 1. The molecule has 1 saturated heterocycles. The SMILES string of the molecule is Cc1ccc2oc(C(=O)N3CCCC(C#N)C3)cc2c1. The summed E-state index contributed by atoms with van der Waals surface area (Å²) in [5.74, 6) is 0.197. The first-order chi connectivity index (χ1) is 9.67. The molecule has 1 aromatic heterocycles. The summed E-state index contributed by atoms with van der Waals surface area (Å²) in [4.78, 5) is 14.2. The molecule has 3 rings (SSSR count). The van der Waals surface area contributed by atoms with E-state index in [0.29, 0.717) is 18.8 Å². The average Bonchev–Trinajstić information content (AvgIpc) is 2.89. The second-order valence-electron chi connectivity index (χ2n) is 5.37. The predicted molar refractivity (Wildman–Crippen MR) is 75.2 cm³/mol. The molecule has 20 heavy (non-hydrogen) atoms. The van der Waals surface area contributed by atoms with Gasteiger partial charge in [-0.1, -0.05) is 11.6 Å². The molecule has 2 aromatic rings. The first-order valence-corrected chi connectivity index (χ1v) is 6.86. The van der Waals surface area contributed by atoms with E-state index in [9.17, 15) is 4.79 Å². The van der Waals surface area contributed by atoms with Gasteiger partial charge < -0.3 is 9.32 Å². The number of rotatable bonds is 1. The van der Waals surface area contributed by atoms with E-state index in [4.69, 9.17) is 9.68 Å². The number of hydrogen-bond acceptors (Lipinski definition) is 3. The molecule has 0 bridgehead atoms. The lowest BCUT2D eigenvalue weighted by Gasteiger charge is -2.28. The van der Waals surface area contributed by atoms with E-state index in [1.807, 2.05) is 25.1 Å². The molecule has 0 spiro atoms. The van der Waals surface area contributed by atoms with E-state index in [1.54, 1.807) is 11.0 Å². The topological polar surface area (TPSA) is 57.2 Å². The van der Waals surface area contributed by atoms with Crippen molar-refractivity contribution >= 4 is 16.9 Å². The van der Waals surface area contributed by atoms with Crippen molar-refractivity contribution in [2.24, 2.45) is 5.92 Å². The number of hydrogen-bond donors (Lipinski definition) is 0. The van der Waals surface area contributed by atoms with Gasteiger partial charge in [0.05, 0.1) is 12.0 Å². The monoisotopic (exact) mass is 268 g/mol. The Morgan fingerprint density at radius 3 is 3.10 bits per heavy atom. The summed E-state index contributed by atoms with van der Waals surface area (Å²) in [5, 5.41) is 9.94. The maximum atomic E-state index is 12.4. The molecule has 1 aliphatic heterocycles. The van der Waals surface area contributed by atoms with Gasteiger partial charge in [-0.15, -0.1) is 0 Å². The zero-order chi connectivity index (χ0) is 14.1. The second kappa shape index (κ2) is 5.01. The van der Waals surface area contributed by atoms with Crippen LogP contribution in [-0.4, -0.2) is 23.9 Å².